The smallest absolute Gasteiger partial charge is 0.0772 e. The van der Waals surface area contributed by atoms with E-state index >= 15 is 0 Å². The third-order valence-electron chi connectivity index (χ3n) is 2.98. The van der Waals surface area contributed by atoms with Gasteiger partial charge in [-0.2, -0.15) is 0 Å². The second-order valence-corrected chi connectivity index (χ2v) is 4.44. The molecule has 0 spiro atoms. The third-order valence-corrected chi connectivity index (χ3v) is 2.98. The highest BCUT2D eigenvalue weighted by Crippen LogP contribution is 2.14. The Morgan fingerprint density at radius 3 is 2.60 bits per heavy atom. The van der Waals surface area contributed by atoms with Crippen molar-refractivity contribution in [2.45, 2.75) is 33.4 Å². The number of nitrogens with zero attached hydrogens (tertiary/aromatic N) is 2. The zero-order valence-electron chi connectivity index (χ0n) is 10.1. The van der Waals surface area contributed by atoms with Crippen molar-refractivity contribution in [2.75, 3.05) is 12.8 Å². The van der Waals surface area contributed by atoms with Gasteiger partial charge in [0.1, 0.15) is 0 Å². The minimum atomic E-state index is 0.534. The van der Waals surface area contributed by atoms with Crippen LogP contribution in [0.1, 0.15) is 26.5 Å². The average Bonchev–Trinajstić information content (AvgIpc) is 2.20. The molecule has 1 aromatic heterocycles. The van der Waals surface area contributed by atoms with Gasteiger partial charge >= 0.3 is 0 Å². The van der Waals surface area contributed by atoms with E-state index in [1.807, 2.05) is 12.1 Å². The third kappa shape index (κ3) is 3.20. The number of hydrogen-bond donors (Lipinski definition) is 1. The molecule has 3 heteroatoms. The topological polar surface area (TPSA) is 42.2 Å². The fourth-order valence-electron chi connectivity index (χ4n) is 1.47. The molecule has 0 fully saturated rings. The largest absolute Gasteiger partial charge is 0.397 e. The lowest BCUT2D eigenvalue weighted by Crippen LogP contribution is -2.33. The van der Waals surface area contributed by atoms with Crippen LogP contribution >= 0.6 is 0 Å². The molecule has 1 unspecified atom stereocenters. The van der Waals surface area contributed by atoms with Crippen molar-refractivity contribution >= 4 is 5.69 Å². The molecule has 0 radical (unpaired) electrons. The highest BCUT2D eigenvalue weighted by molar-refractivity contribution is 5.41. The van der Waals surface area contributed by atoms with Crippen LogP contribution in [-0.4, -0.2) is 23.0 Å². The van der Waals surface area contributed by atoms with Crippen LogP contribution in [0.4, 0.5) is 5.69 Å². The lowest BCUT2D eigenvalue weighted by atomic mass is 10.1. The molecule has 0 bridgehead atoms. The normalized spacial score (nSPS) is 13.5. The average molecular weight is 207 g/mol. The maximum absolute atomic E-state index is 5.86. The van der Waals surface area contributed by atoms with E-state index in [4.69, 9.17) is 5.73 Å². The standard InChI is InChI=1S/C12H21N3/c1-9(2)10(3)15(4)8-12-11(13)6-5-7-14-12/h5-7,9-10H,8,13H2,1-4H3. The van der Waals surface area contributed by atoms with Gasteiger partial charge in [-0.1, -0.05) is 13.8 Å². The number of hydrogen-bond acceptors (Lipinski definition) is 3. The molecule has 0 aliphatic rings. The Morgan fingerprint density at radius 2 is 2.07 bits per heavy atom. The van der Waals surface area contributed by atoms with E-state index in [-0.39, 0.29) is 0 Å². The fraction of sp³-hybridized carbons (Fsp3) is 0.583. The molecule has 0 aliphatic carbocycles. The Bertz CT molecular complexity index is 309. The van der Waals surface area contributed by atoms with Gasteiger partial charge in [0.2, 0.25) is 0 Å². The molecule has 1 atom stereocenters. The molecular formula is C12H21N3. The van der Waals surface area contributed by atoms with Crippen molar-refractivity contribution in [1.29, 1.82) is 0 Å². The van der Waals surface area contributed by atoms with Gasteiger partial charge in [0, 0.05) is 18.8 Å². The number of anilines is 1. The monoisotopic (exact) mass is 207 g/mol. The first kappa shape index (κ1) is 12.0. The molecule has 1 rings (SSSR count). The summed E-state index contributed by atoms with van der Waals surface area (Å²) in [6.45, 7) is 7.49. The van der Waals surface area contributed by atoms with E-state index < -0.39 is 0 Å². The van der Waals surface area contributed by atoms with Gasteiger partial charge in [-0.15, -0.1) is 0 Å². The Morgan fingerprint density at radius 1 is 1.40 bits per heavy atom. The molecule has 1 heterocycles. The van der Waals surface area contributed by atoms with Crippen LogP contribution in [-0.2, 0) is 6.54 Å². The van der Waals surface area contributed by atoms with Gasteiger partial charge in [-0.05, 0) is 32.0 Å². The predicted octanol–water partition coefficient (Wildman–Crippen LogP) is 2.14. The number of nitrogen functional groups attached to an aromatic ring is 1. The quantitative estimate of drug-likeness (QED) is 0.822. The van der Waals surface area contributed by atoms with Crippen LogP contribution in [0.2, 0.25) is 0 Å². The Hall–Kier alpha value is -1.09. The predicted molar refractivity (Wildman–Crippen MR) is 64.4 cm³/mol. The number of aromatic nitrogens is 1. The van der Waals surface area contributed by atoms with Crippen LogP contribution in [0.25, 0.3) is 0 Å². The molecule has 84 valence electrons. The summed E-state index contributed by atoms with van der Waals surface area (Å²) in [4.78, 5) is 6.57. The van der Waals surface area contributed by atoms with Gasteiger partial charge in [0.15, 0.2) is 0 Å². The first-order chi connectivity index (χ1) is 7.02. The van der Waals surface area contributed by atoms with Crippen LogP contribution < -0.4 is 5.73 Å². The summed E-state index contributed by atoms with van der Waals surface area (Å²) in [6, 6.07) is 4.30. The van der Waals surface area contributed by atoms with Crippen molar-refractivity contribution in [3.63, 3.8) is 0 Å². The molecule has 3 nitrogen and oxygen atoms in total. The summed E-state index contributed by atoms with van der Waals surface area (Å²) in [6.07, 6.45) is 1.79. The maximum atomic E-state index is 5.86. The summed E-state index contributed by atoms with van der Waals surface area (Å²) in [5.74, 6) is 0.639. The number of rotatable bonds is 4. The SMILES string of the molecule is CC(C)C(C)N(C)Cc1ncccc1N. The van der Waals surface area contributed by atoms with Crippen molar-refractivity contribution in [3.05, 3.63) is 24.0 Å². The highest BCUT2D eigenvalue weighted by Gasteiger charge is 2.14. The maximum Gasteiger partial charge on any atom is 0.0772 e. The van der Waals surface area contributed by atoms with Crippen molar-refractivity contribution in [2.24, 2.45) is 5.92 Å². The fourth-order valence-corrected chi connectivity index (χ4v) is 1.47. The summed E-state index contributed by atoms with van der Waals surface area (Å²) >= 11 is 0. The van der Waals surface area contributed by atoms with E-state index in [1.165, 1.54) is 0 Å². The lowest BCUT2D eigenvalue weighted by molar-refractivity contribution is 0.199. The van der Waals surface area contributed by atoms with E-state index in [2.05, 4.69) is 37.7 Å². The molecule has 0 saturated heterocycles. The molecule has 1 aromatic rings. The van der Waals surface area contributed by atoms with Gasteiger partial charge in [0.05, 0.1) is 11.4 Å². The van der Waals surface area contributed by atoms with Gasteiger partial charge < -0.3 is 5.73 Å². The van der Waals surface area contributed by atoms with E-state index in [1.54, 1.807) is 6.20 Å². The number of pyridine rings is 1. The molecule has 0 saturated carbocycles. The molecule has 15 heavy (non-hydrogen) atoms. The zero-order chi connectivity index (χ0) is 11.4. The van der Waals surface area contributed by atoms with E-state index in [0.717, 1.165) is 17.9 Å². The van der Waals surface area contributed by atoms with E-state index in [0.29, 0.717) is 12.0 Å². The Balaban J connectivity index is 2.66. The molecule has 0 aliphatic heterocycles. The van der Waals surface area contributed by atoms with Crippen LogP contribution in [0, 0.1) is 5.92 Å². The molecule has 0 aromatic carbocycles. The van der Waals surface area contributed by atoms with Crippen molar-refractivity contribution < 1.29 is 0 Å². The minimum Gasteiger partial charge on any atom is -0.397 e. The summed E-state index contributed by atoms with van der Waals surface area (Å²) in [5.41, 5.74) is 7.60. The van der Waals surface area contributed by atoms with Crippen molar-refractivity contribution in [3.8, 4) is 0 Å². The van der Waals surface area contributed by atoms with Crippen LogP contribution in [0.3, 0.4) is 0 Å². The molecule has 0 amide bonds. The van der Waals surface area contributed by atoms with Crippen LogP contribution in [0.15, 0.2) is 18.3 Å². The first-order valence-corrected chi connectivity index (χ1v) is 5.42. The lowest BCUT2D eigenvalue weighted by Gasteiger charge is -2.27. The Kier molecular flexibility index (Phi) is 4.09. The van der Waals surface area contributed by atoms with Gasteiger partial charge in [-0.3, -0.25) is 9.88 Å². The summed E-state index contributed by atoms with van der Waals surface area (Å²) in [5, 5.41) is 0. The molecular weight excluding hydrogens is 186 g/mol. The van der Waals surface area contributed by atoms with Crippen molar-refractivity contribution in [1.82, 2.24) is 9.88 Å². The summed E-state index contributed by atoms with van der Waals surface area (Å²) < 4.78 is 0. The first-order valence-electron chi connectivity index (χ1n) is 5.42. The van der Waals surface area contributed by atoms with E-state index in [9.17, 15) is 0 Å². The van der Waals surface area contributed by atoms with Gasteiger partial charge in [0.25, 0.3) is 0 Å². The van der Waals surface area contributed by atoms with Gasteiger partial charge in [-0.25, -0.2) is 0 Å². The summed E-state index contributed by atoms with van der Waals surface area (Å²) in [7, 11) is 2.11. The minimum absolute atomic E-state index is 0.534. The Labute approximate surface area is 92.3 Å². The zero-order valence-corrected chi connectivity index (χ0v) is 10.1. The molecule has 2 N–H and O–H groups in total. The second kappa shape index (κ2) is 5.12. The highest BCUT2D eigenvalue weighted by atomic mass is 15.1. The number of nitrogens with two attached hydrogens (primary N) is 1. The van der Waals surface area contributed by atoms with Crippen LogP contribution in [0.5, 0.6) is 0 Å². The second-order valence-electron chi connectivity index (χ2n) is 4.44.